The monoisotopic (exact) mass is 285 g/mol. The Labute approximate surface area is 126 Å². The van der Waals surface area contributed by atoms with Crippen molar-refractivity contribution in [3.8, 4) is 0 Å². The fraction of sp³-hybridized carbons (Fsp3) is 0.500. The molecule has 0 amide bonds. The zero-order chi connectivity index (χ0) is 14.7. The lowest BCUT2D eigenvalue weighted by molar-refractivity contribution is -0.141. The summed E-state index contributed by atoms with van der Waals surface area (Å²) in [4.78, 5) is 13.5. The molecule has 3 nitrogen and oxygen atoms in total. The second-order valence-corrected chi connectivity index (χ2v) is 6.22. The summed E-state index contributed by atoms with van der Waals surface area (Å²) in [6.45, 7) is 3.51. The van der Waals surface area contributed by atoms with Gasteiger partial charge in [0, 0.05) is 6.54 Å². The van der Waals surface area contributed by atoms with Crippen LogP contribution in [0.5, 0.6) is 0 Å². The number of nitrogens with zero attached hydrogens (tertiary/aromatic N) is 1. The standard InChI is InChI=1S/C18H23NO2/c20-18(21)17-9-7-16(8-10-17)15-5-3-14(4-6-15)13-19-11-1-2-12-19/h3-7,17H,1-2,8-13H2,(H,20,21). The molecule has 21 heavy (non-hydrogen) atoms. The van der Waals surface area contributed by atoms with E-state index in [0.717, 1.165) is 19.4 Å². The summed E-state index contributed by atoms with van der Waals surface area (Å²) in [5.74, 6) is -0.852. The second kappa shape index (κ2) is 6.44. The van der Waals surface area contributed by atoms with Gasteiger partial charge in [0.15, 0.2) is 0 Å². The number of hydrogen-bond acceptors (Lipinski definition) is 2. The van der Waals surface area contributed by atoms with Crippen molar-refractivity contribution in [1.29, 1.82) is 0 Å². The molecule has 1 fully saturated rings. The third-order valence-electron chi connectivity index (χ3n) is 4.69. The number of allylic oxidation sites excluding steroid dienone is 2. The summed E-state index contributed by atoms with van der Waals surface area (Å²) >= 11 is 0. The van der Waals surface area contributed by atoms with Crippen LogP contribution < -0.4 is 0 Å². The largest absolute Gasteiger partial charge is 0.481 e. The first-order chi connectivity index (χ1) is 10.2. The van der Waals surface area contributed by atoms with E-state index in [2.05, 4.69) is 35.2 Å². The zero-order valence-corrected chi connectivity index (χ0v) is 12.4. The minimum atomic E-state index is -0.661. The van der Waals surface area contributed by atoms with E-state index in [1.165, 1.54) is 42.6 Å². The smallest absolute Gasteiger partial charge is 0.306 e. The van der Waals surface area contributed by atoms with Crippen molar-refractivity contribution in [3.05, 3.63) is 41.5 Å². The average molecular weight is 285 g/mol. The molecule has 1 unspecified atom stereocenters. The summed E-state index contributed by atoms with van der Waals surface area (Å²) in [7, 11) is 0. The van der Waals surface area contributed by atoms with Crippen LogP contribution in [0.4, 0.5) is 0 Å². The molecule has 112 valence electrons. The highest BCUT2D eigenvalue weighted by Gasteiger charge is 2.21. The summed E-state index contributed by atoms with van der Waals surface area (Å²) in [5, 5.41) is 9.03. The Morgan fingerprint density at radius 2 is 1.90 bits per heavy atom. The van der Waals surface area contributed by atoms with E-state index in [-0.39, 0.29) is 5.92 Å². The lowest BCUT2D eigenvalue weighted by Gasteiger charge is -2.19. The number of aliphatic carboxylic acids is 1. The third kappa shape index (κ3) is 3.53. The molecule has 0 aromatic heterocycles. The van der Waals surface area contributed by atoms with Crippen molar-refractivity contribution in [2.45, 2.75) is 38.6 Å². The molecule has 0 bridgehead atoms. The van der Waals surface area contributed by atoms with Crippen molar-refractivity contribution in [3.63, 3.8) is 0 Å². The SMILES string of the molecule is O=C(O)C1CC=C(c2ccc(CN3CCCC3)cc2)CC1. The normalized spacial score (nSPS) is 23.0. The number of likely N-dealkylation sites (tertiary alicyclic amines) is 1. The number of carboxylic acids is 1. The molecule has 1 aliphatic heterocycles. The molecule has 1 aromatic carbocycles. The summed E-state index contributed by atoms with van der Waals surface area (Å²) in [6.07, 6.45) is 7.07. The highest BCUT2D eigenvalue weighted by molar-refractivity contribution is 5.74. The van der Waals surface area contributed by atoms with Crippen molar-refractivity contribution >= 4 is 11.5 Å². The Hall–Kier alpha value is -1.61. The molecule has 1 saturated heterocycles. The van der Waals surface area contributed by atoms with Gasteiger partial charge in [0.25, 0.3) is 0 Å². The van der Waals surface area contributed by atoms with Gasteiger partial charge in [-0.25, -0.2) is 0 Å². The molecule has 0 spiro atoms. The molecule has 2 aliphatic rings. The topological polar surface area (TPSA) is 40.5 Å². The molecule has 1 atom stereocenters. The molecule has 3 heteroatoms. The minimum Gasteiger partial charge on any atom is -0.481 e. The first-order valence-corrected chi connectivity index (χ1v) is 7.96. The predicted octanol–water partition coefficient (Wildman–Crippen LogP) is 3.55. The van der Waals surface area contributed by atoms with Crippen molar-refractivity contribution in [2.24, 2.45) is 5.92 Å². The van der Waals surface area contributed by atoms with Crippen LogP contribution in [0.1, 0.15) is 43.2 Å². The number of carbonyl (C=O) groups is 1. The van der Waals surface area contributed by atoms with Gasteiger partial charge in [0.2, 0.25) is 0 Å². The van der Waals surface area contributed by atoms with Crippen molar-refractivity contribution in [2.75, 3.05) is 13.1 Å². The Bertz CT molecular complexity index is 527. The van der Waals surface area contributed by atoms with E-state index >= 15 is 0 Å². The molecule has 1 aromatic rings. The van der Waals surface area contributed by atoms with Crippen LogP contribution in [0.2, 0.25) is 0 Å². The average Bonchev–Trinajstić information content (AvgIpc) is 3.01. The third-order valence-corrected chi connectivity index (χ3v) is 4.69. The first-order valence-electron chi connectivity index (χ1n) is 7.96. The van der Waals surface area contributed by atoms with Crippen LogP contribution in [0.3, 0.4) is 0 Å². The van der Waals surface area contributed by atoms with Gasteiger partial charge in [-0.15, -0.1) is 0 Å². The number of hydrogen-bond donors (Lipinski definition) is 1. The Morgan fingerprint density at radius 3 is 2.48 bits per heavy atom. The maximum absolute atomic E-state index is 11.0. The van der Waals surface area contributed by atoms with Crippen LogP contribution in [0.15, 0.2) is 30.3 Å². The zero-order valence-electron chi connectivity index (χ0n) is 12.4. The molecule has 3 rings (SSSR count). The van der Waals surface area contributed by atoms with Crippen molar-refractivity contribution in [1.82, 2.24) is 4.90 Å². The second-order valence-electron chi connectivity index (χ2n) is 6.22. The van der Waals surface area contributed by atoms with Gasteiger partial charge in [0.05, 0.1) is 5.92 Å². The van der Waals surface area contributed by atoms with Gasteiger partial charge in [-0.2, -0.15) is 0 Å². The van der Waals surface area contributed by atoms with E-state index in [1.54, 1.807) is 0 Å². The lowest BCUT2D eigenvalue weighted by atomic mass is 9.86. The first kappa shape index (κ1) is 14.3. The van der Waals surface area contributed by atoms with Gasteiger partial charge in [-0.3, -0.25) is 9.69 Å². The van der Waals surface area contributed by atoms with Crippen LogP contribution in [0, 0.1) is 5.92 Å². The fourth-order valence-corrected chi connectivity index (χ4v) is 3.34. The minimum absolute atomic E-state index is 0.191. The Kier molecular flexibility index (Phi) is 4.39. The van der Waals surface area contributed by atoms with Crippen LogP contribution >= 0.6 is 0 Å². The van der Waals surface area contributed by atoms with E-state index < -0.39 is 5.97 Å². The quantitative estimate of drug-likeness (QED) is 0.919. The summed E-state index contributed by atoms with van der Waals surface area (Å²) in [6, 6.07) is 8.83. The summed E-state index contributed by atoms with van der Waals surface area (Å²) < 4.78 is 0. The van der Waals surface area contributed by atoms with Crippen molar-refractivity contribution < 1.29 is 9.90 Å². The van der Waals surface area contributed by atoms with Crippen LogP contribution in [-0.2, 0) is 11.3 Å². The number of benzene rings is 1. The van der Waals surface area contributed by atoms with E-state index in [9.17, 15) is 4.79 Å². The molecule has 1 aliphatic carbocycles. The van der Waals surface area contributed by atoms with Gasteiger partial charge in [-0.1, -0.05) is 30.3 Å². The molecule has 1 heterocycles. The highest BCUT2D eigenvalue weighted by atomic mass is 16.4. The molecular weight excluding hydrogens is 262 g/mol. The summed E-state index contributed by atoms with van der Waals surface area (Å²) in [5.41, 5.74) is 3.93. The number of rotatable bonds is 4. The van der Waals surface area contributed by atoms with E-state index in [0.29, 0.717) is 6.42 Å². The van der Waals surface area contributed by atoms with Gasteiger partial charge in [0.1, 0.15) is 0 Å². The predicted molar refractivity (Wildman–Crippen MR) is 83.9 cm³/mol. The lowest BCUT2D eigenvalue weighted by Crippen LogP contribution is -2.18. The molecule has 1 N–H and O–H groups in total. The maximum Gasteiger partial charge on any atom is 0.306 e. The Balaban J connectivity index is 1.63. The fourth-order valence-electron chi connectivity index (χ4n) is 3.34. The van der Waals surface area contributed by atoms with Gasteiger partial charge in [-0.05, 0) is 61.9 Å². The highest BCUT2D eigenvalue weighted by Crippen LogP contribution is 2.30. The van der Waals surface area contributed by atoms with Gasteiger partial charge < -0.3 is 5.11 Å². The van der Waals surface area contributed by atoms with Crippen LogP contribution in [0.25, 0.3) is 5.57 Å². The number of carboxylic acid groups (broad SMARTS) is 1. The molecule has 0 radical (unpaired) electrons. The molecule has 0 saturated carbocycles. The molecular formula is C18H23NO2. The van der Waals surface area contributed by atoms with Gasteiger partial charge >= 0.3 is 5.97 Å². The van der Waals surface area contributed by atoms with E-state index in [1.807, 2.05) is 0 Å². The van der Waals surface area contributed by atoms with E-state index in [4.69, 9.17) is 5.11 Å². The Morgan fingerprint density at radius 1 is 1.19 bits per heavy atom. The maximum atomic E-state index is 11.0. The van der Waals surface area contributed by atoms with Crippen LogP contribution in [-0.4, -0.2) is 29.1 Å².